The van der Waals surface area contributed by atoms with Gasteiger partial charge in [0, 0.05) is 31.1 Å². The van der Waals surface area contributed by atoms with Gasteiger partial charge in [-0.2, -0.15) is 4.31 Å². The molecule has 0 aliphatic carbocycles. The third-order valence-corrected chi connectivity index (χ3v) is 7.32. The summed E-state index contributed by atoms with van der Waals surface area (Å²) in [6.07, 6.45) is 0.897. The van der Waals surface area contributed by atoms with Crippen molar-refractivity contribution in [2.24, 2.45) is 5.92 Å². The summed E-state index contributed by atoms with van der Waals surface area (Å²) in [5.41, 5.74) is 0. The van der Waals surface area contributed by atoms with E-state index in [1.54, 1.807) is 36.2 Å². The highest BCUT2D eigenvalue weighted by Gasteiger charge is 2.33. The Labute approximate surface area is 181 Å². The fourth-order valence-electron chi connectivity index (χ4n) is 3.37. The Hall–Kier alpha value is -2.16. The number of ether oxygens (including phenoxy) is 1. The molecule has 0 unspecified atom stereocenters. The topological polar surface area (TPSA) is 66.9 Å². The summed E-state index contributed by atoms with van der Waals surface area (Å²) in [6, 6.07) is 12.2. The lowest BCUT2D eigenvalue weighted by molar-refractivity contribution is -0.135. The number of benzene rings is 2. The highest BCUT2D eigenvalue weighted by molar-refractivity contribution is 7.89. The van der Waals surface area contributed by atoms with Crippen molar-refractivity contribution < 1.29 is 22.3 Å². The van der Waals surface area contributed by atoms with Crippen molar-refractivity contribution in [1.82, 2.24) is 9.21 Å². The Balaban J connectivity index is 1.49. The summed E-state index contributed by atoms with van der Waals surface area (Å²) in [4.78, 5) is 14.4. The number of nitrogens with zero attached hydrogens (tertiary/aromatic N) is 2. The number of hydrogen-bond donors (Lipinski definition) is 0. The molecule has 0 N–H and O–H groups in total. The van der Waals surface area contributed by atoms with E-state index in [0.29, 0.717) is 24.4 Å². The van der Waals surface area contributed by atoms with Gasteiger partial charge in [0.25, 0.3) is 0 Å². The third kappa shape index (κ3) is 5.30. The molecular weight excluding hydrogens is 431 g/mol. The number of carbonyl (C=O) groups excluding carboxylic acids is 1. The van der Waals surface area contributed by atoms with Gasteiger partial charge in [0.2, 0.25) is 15.9 Å². The third-order valence-electron chi connectivity index (χ3n) is 5.15. The summed E-state index contributed by atoms with van der Waals surface area (Å²) in [5, 5.41) is 0.472. The summed E-state index contributed by atoms with van der Waals surface area (Å²) in [6.45, 7) is 1.05. The summed E-state index contributed by atoms with van der Waals surface area (Å²) >= 11 is 5.83. The maximum Gasteiger partial charge on any atom is 0.243 e. The Bertz CT molecular complexity index is 977. The summed E-state index contributed by atoms with van der Waals surface area (Å²) < 4.78 is 45.9. The number of hydrogen-bond acceptors (Lipinski definition) is 4. The van der Waals surface area contributed by atoms with Crippen molar-refractivity contribution in [3.8, 4) is 5.75 Å². The molecule has 2 aromatic rings. The largest absolute Gasteiger partial charge is 0.489 e. The monoisotopic (exact) mass is 454 g/mol. The van der Waals surface area contributed by atoms with E-state index in [9.17, 15) is 17.6 Å². The molecule has 2 aromatic carbocycles. The average Bonchev–Trinajstić information content (AvgIpc) is 2.75. The van der Waals surface area contributed by atoms with E-state index < -0.39 is 15.8 Å². The van der Waals surface area contributed by atoms with Gasteiger partial charge in [-0.3, -0.25) is 4.79 Å². The molecular formula is C21H24ClFN2O4S. The first-order chi connectivity index (χ1) is 14.3. The van der Waals surface area contributed by atoms with Crippen LogP contribution >= 0.6 is 11.6 Å². The molecule has 0 saturated carbocycles. The van der Waals surface area contributed by atoms with Crippen LogP contribution in [-0.4, -0.2) is 56.8 Å². The van der Waals surface area contributed by atoms with Crippen LogP contribution in [0.25, 0.3) is 0 Å². The lowest BCUT2D eigenvalue weighted by Crippen LogP contribution is -2.44. The van der Waals surface area contributed by atoms with E-state index >= 15 is 0 Å². The van der Waals surface area contributed by atoms with Gasteiger partial charge >= 0.3 is 0 Å². The van der Waals surface area contributed by atoms with Crippen LogP contribution in [-0.2, 0) is 14.8 Å². The molecule has 0 bridgehead atoms. The standard InChI is InChI=1S/C21H24ClFN2O4S/c1-24(14-15-29-20-5-3-2-4-19(20)23)21(26)16-10-12-25(13-11-16)30(27,28)18-8-6-17(22)7-9-18/h2-9,16H,10-15H2,1H3. The number of carbonyl (C=O) groups is 1. The molecule has 0 atom stereocenters. The first-order valence-electron chi connectivity index (χ1n) is 9.67. The van der Waals surface area contributed by atoms with Gasteiger partial charge in [0.15, 0.2) is 11.6 Å². The minimum atomic E-state index is -3.60. The zero-order valence-electron chi connectivity index (χ0n) is 16.6. The molecule has 1 heterocycles. The molecule has 0 aromatic heterocycles. The fourth-order valence-corrected chi connectivity index (χ4v) is 4.97. The van der Waals surface area contributed by atoms with E-state index in [1.165, 1.54) is 28.6 Å². The van der Waals surface area contributed by atoms with E-state index in [2.05, 4.69) is 0 Å². The van der Waals surface area contributed by atoms with Crippen LogP contribution in [0.3, 0.4) is 0 Å². The maximum atomic E-state index is 13.6. The Kier molecular flexibility index (Phi) is 7.33. The number of sulfonamides is 1. The van der Waals surface area contributed by atoms with Gasteiger partial charge in [-0.1, -0.05) is 23.7 Å². The number of para-hydroxylation sites is 1. The Morgan fingerprint density at radius 2 is 1.80 bits per heavy atom. The molecule has 1 saturated heterocycles. The molecule has 9 heteroatoms. The van der Waals surface area contributed by atoms with Gasteiger partial charge in [-0.05, 0) is 49.2 Å². The molecule has 1 aliphatic heterocycles. The van der Waals surface area contributed by atoms with E-state index in [0.717, 1.165) is 0 Å². The Morgan fingerprint density at radius 1 is 1.17 bits per heavy atom. The first kappa shape index (κ1) is 22.5. The van der Waals surface area contributed by atoms with Crippen molar-refractivity contribution in [2.75, 3.05) is 33.3 Å². The fraction of sp³-hybridized carbons (Fsp3) is 0.381. The molecule has 6 nitrogen and oxygen atoms in total. The summed E-state index contributed by atoms with van der Waals surface area (Å²) in [7, 11) is -1.93. The highest BCUT2D eigenvalue weighted by Crippen LogP contribution is 2.25. The normalized spacial score (nSPS) is 15.7. The minimum absolute atomic E-state index is 0.0596. The highest BCUT2D eigenvalue weighted by atomic mass is 35.5. The van der Waals surface area contributed by atoms with E-state index in [4.69, 9.17) is 16.3 Å². The second-order valence-corrected chi connectivity index (χ2v) is 9.55. The molecule has 3 rings (SSSR count). The van der Waals surface area contributed by atoms with Crippen LogP contribution in [0, 0.1) is 11.7 Å². The average molecular weight is 455 g/mol. The predicted molar refractivity (Wildman–Crippen MR) is 112 cm³/mol. The number of rotatable bonds is 7. The van der Waals surface area contributed by atoms with Gasteiger partial charge in [-0.25, -0.2) is 12.8 Å². The van der Waals surface area contributed by atoms with Gasteiger partial charge in [0.05, 0.1) is 11.4 Å². The Morgan fingerprint density at radius 3 is 2.43 bits per heavy atom. The van der Waals surface area contributed by atoms with Crippen LogP contribution < -0.4 is 4.74 Å². The van der Waals surface area contributed by atoms with Gasteiger partial charge in [-0.15, -0.1) is 0 Å². The number of halogens is 2. The quantitative estimate of drug-likeness (QED) is 0.643. The molecule has 30 heavy (non-hydrogen) atoms. The van der Waals surface area contributed by atoms with Crippen LogP contribution in [0.1, 0.15) is 12.8 Å². The van der Waals surface area contributed by atoms with E-state index in [1.807, 2.05) is 0 Å². The van der Waals surface area contributed by atoms with Crippen molar-refractivity contribution in [3.05, 3.63) is 59.4 Å². The minimum Gasteiger partial charge on any atom is -0.489 e. The lowest BCUT2D eigenvalue weighted by Gasteiger charge is -2.32. The van der Waals surface area contributed by atoms with Crippen LogP contribution in [0.15, 0.2) is 53.4 Å². The van der Waals surface area contributed by atoms with Crippen molar-refractivity contribution >= 4 is 27.5 Å². The van der Waals surface area contributed by atoms with Gasteiger partial charge in [0.1, 0.15) is 6.61 Å². The summed E-state index contributed by atoms with van der Waals surface area (Å²) in [5.74, 6) is -0.601. The number of piperidine rings is 1. The maximum absolute atomic E-state index is 13.6. The number of amides is 1. The zero-order chi connectivity index (χ0) is 21.7. The van der Waals surface area contributed by atoms with Crippen molar-refractivity contribution in [1.29, 1.82) is 0 Å². The molecule has 0 spiro atoms. The second kappa shape index (κ2) is 9.76. The van der Waals surface area contributed by atoms with Crippen molar-refractivity contribution in [3.63, 3.8) is 0 Å². The van der Waals surface area contributed by atoms with Crippen LogP contribution in [0.2, 0.25) is 5.02 Å². The lowest BCUT2D eigenvalue weighted by atomic mass is 9.97. The van der Waals surface area contributed by atoms with Crippen LogP contribution in [0.5, 0.6) is 5.75 Å². The molecule has 0 radical (unpaired) electrons. The van der Waals surface area contributed by atoms with Gasteiger partial charge < -0.3 is 9.64 Å². The van der Waals surface area contributed by atoms with Crippen LogP contribution in [0.4, 0.5) is 4.39 Å². The smallest absolute Gasteiger partial charge is 0.243 e. The second-order valence-electron chi connectivity index (χ2n) is 7.17. The molecule has 1 aliphatic rings. The van der Waals surface area contributed by atoms with E-state index in [-0.39, 0.29) is 42.2 Å². The van der Waals surface area contributed by atoms with Crippen molar-refractivity contribution in [2.45, 2.75) is 17.7 Å². The molecule has 1 fully saturated rings. The molecule has 162 valence electrons. The first-order valence-corrected chi connectivity index (χ1v) is 11.5. The zero-order valence-corrected chi connectivity index (χ0v) is 18.2. The SMILES string of the molecule is CN(CCOc1ccccc1F)C(=O)C1CCN(S(=O)(=O)c2ccc(Cl)cc2)CC1. The number of likely N-dealkylation sites (N-methyl/N-ethyl adjacent to an activating group) is 1. The predicted octanol–water partition coefficient (Wildman–Crippen LogP) is 3.42. The molecule has 1 amide bonds.